The number of aromatic nitrogens is 2. The molecule has 0 aliphatic carbocycles. The Morgan fingerprint density at radius 2 is 2.05 bits per heavy atom. The summed E-state index contributed by atoms with van der Waals surface area (Å²) in [4.78, 5) is 24.9. The first-order chi connectivity index (χ1) is 17.9. The summed E-state index contributed by atoms with van der Waals surface area (Å²) in [5, 5.41) is 4.79. The van der Waals surface area contributed by atoms with Crippen LogP contribution in [-0.2, 0) is 22.1 Å². The predicted octanol–water partition coefficient (Wildman–Crippen LogP) is 5.53. The van der Waals surface area contributed by atoms with Gasteiger partial charge in [-0.25, -0.2) is 4.98 Å². The number of hydrogen-bond donors (Lipinski definition) is 2. The maximum Gasteiger partial charge on any atom is 0.248 e. The Balaban J connectivity index is 2.37. The molecule has 0 aliphatic rings. The SMILES string of the molecule is CCN=C(CCCC(C)OC)N(/C=C/S(=O)C(C)(C)C)C(C)c1cc(F)nc(NCc2cc[nH]c(=O)c2)c1. The van der Waals surface area contributed by atoms with Gasteiger partial charge in [-0.1, -0.05) is 0 Å². The van der Waals surface area contributed by atoms with Gasteiger partial charge >= 0.3 is 0 Å². The molecule has 2 aromatic heterocycles. The number of amidine groups is 1. The van der Waals surface area contributed by atoms with E-state index in [4.69, 9.17) is 9.73 Å². The molecule has 2 N–H and O–H groups in total. The van der Waals surface area contributed by atoms with Crippen molar-refractivity contribution in [3.05, 3.63) is 69.5 Å². The Morgan fingerprint density at radius 1 is 1.32 bits per heavy atom. The van der Waals surface area contributed by atoms with Crippen molar-refractivity contribution in [2.75, 3.05) is 19.0 Å². The van der Waals surface area contributed by atoms with Crippen LogP contribution in [0.2, 0.25) is 0 Å². The Kier molecular flexibility index (Phi) is 12.3. The highest BCUT2D eigenvalue weighted by Gasteiger charge is 2.22. The van der Waals surface area contributed by atoms with Crippen LogP contribution in [-0.4, -0.2) is 49.4 Å². The molecule has 3 atom stereocenters. The van der Waals surface area contributed by atoms with E-state index < -0.39 is 21.5 Å². The highest BCUT2D eigenvalue weighted by Crippen LogP contribution is 2.26. The lowest BCUT2D eigenvalue weighted by atomic mass is 10.1. The highest BCUT2D eigenvalue weighted by atomic mass is 32.2. The summed E-state index contributed by atoms with van der Waals surface area (Å²) >= 11 is 0. The zero-order valence-corrected chi connectivity index (χ0v) is 24.4. The largest absolute Gasteiger partial charge is 0.382 e. The fourth-order valence-electron chi connectivity index (χ4n) is 3.70. The molecule has 0 radical (unpaired) electrons. The van der Waals surface area contributed by atoms with Crippen LogP contribution in [0.1, 0.15) is 78.0 Å². The number of hydrogen-bond acceptors (Lipinski definition) is 6. The maximum atomic E-state index is 14.7. The maximum absolute atomic E-state index is 14.7. The second-order valence-electron chi connectivity index (χ2n) is 10.1. The molecule has 8 nitrogen and oxygen atoms in total. The van der Waals surface area contributed by atoms with Crippen LogP contribution in [0.3, 0.4) is 0 Å². The number of aromatic amines is 1. The first kappa shape index (κ1) is 31.4. The standard InChI is InChI=1S/C28H42FN5O3S/c1-8-30-26(11-9-10-20(2)37-7)34(14-15-38(36)28(4,5)6)21(3)23-17-24(29)33-25(18-23)32-19-22-12-13-31-27(35)16-22/h12-18,20-21H,8-11,19H2,1-7H3,(H,31,35)(H,32,33)/b15-14+,30-26?. The molecule has 2 heterocycles. The number of halogens is 1. The molecular weight excluding hydrogens is 505 g/mol. The topological polar surface area (TPSA) is 99.7 Å². The summed E-state index contributed by atoms with van der Waals surface area (Å²) in [7, 11) is 0.474. The summed E-state index contributed by atoms with van der Waals surface area (Å²) in [6, 6.07) is 6.14. The van der Waals surface area contributed by atoms with Crippen molar-refractivity contribution in [3.8, 4) is 0 Å². The van der Waals surface area contributed by atoms with Gasteiger partial charge in [-0.05, 0) is 83.7 Å². The minimum absolute atomic E-state index is 0.135. The number of nitrogens with zero attached hydrogens (tertiary/aromatic N) is 3. The van der Waals surface area contributed by atoms with E-state index in [0.717, 1.165) is 24.2 Å². The number of ether oxygens (including phenoxy) is 1. The van der Waals surface area contributed by atoms with Crippen molar-refractivity contribution in [2.45, 2.75) is 84.2 Å². The second kappa shape index (κ2) is 14.9. The number of nitrogens with one attached hydrogen (secondary N) is 2. The molecule has 0 fully saturated rings. The van der Waals surface area contributed by atoms with Gasteiger partial charge in [0.15, 0.2) is 0 Å². The molecule has 0 saturated heterocycles. The van der Waals surface area contributed by atoms with E-state index in [1.165, 1.54) is 12.1 Å². The van der Waals surface area contributed by atoms with E-state index in [0.29, 0.717) is 30.9 Å². The van der Waals surface area contributed by atoms with Crippen LogP contribution in [0.25, 0.3) is 0 Å². The summed E-state index contributed by atoms with van der Waals surface area (Å²) < 4.78 is 32.5. The van der Waals surface area contributed by atoms with E-state index in [9.17, 15) is 13.4 Å². The van der Waals surface area contributed by atoms with Crippen LogP contribution in [0.5, 0.6) is 0 Å². The molecule has 0 bridgehead atoms. The molecule has 3 unspecified atom stereocenters. The van der Waals surface area contributed by atoms with E-state index in [1.54, 1.807) is 30.8 Å². The van der Waals surface area contributed by atoms with Gasteiger partial charge in [-0.15, -0.1) is 0 Å². The molecule has 0 aromatic carbocycles. The lowest BCUT2D eigenvalue weighted by Gasteiger charge is -2.30. The van der Waals surface area contributed by atoms with Crippen LogP contribution >= 0.6 is 0 Å². The zero-order chi connectivity index (χ0) is 28.3. The van der Waals surface area contributed by atoms with E-state index in [-0.39, 0.29) is 17.7 Å². The molecule has 0 spiro atoms. The van der Waals surface area contributed by atoms with Gasteiger partial charge in [-0.2, -0.15) is 4.39 Å². The van der Waals surface area contributed by atoms with Crippen molar-refractivity contribution in [2.24, 2.45) is 4.99 Å². The lowest BCUT2D eigenvalue weighted by molar-refractivity contribution is 0.109. The molecular formula is C28H42FN5O3S. The number of anilines is 1. The Labute approximate surface area is 228 Å². The van der Waals surface area contributed by atoms with Gasteiger partial charge in [0.25, 0.3) is 0 Å². The quantitative estimate of drug-likeness (QED) is 0.194. The Hall–Kier alpha value is -2.85. The fraction of sp³-hybridized carbons (Fsp3) is 0.536. The minimum atomic E-state index is -1.22. The summed E-state index contributed by atoms with van der Waals surface area (Å²) in [6.45, 7) is 12.6. The molecule has 2 aromatic rings. The average Bonchev–Trinajstić information content (AvgIpc) is 2.86. The summed E-state index contributed by atoms with van der Waals surface area (Å²) in [6.07, 6.45) is 5.94. The molecule has 10 heteroatoms. The third-order valence-electron chi connectivity index (χ3n) is 6.03. The second-order valence-corrected chi connectivity index (χ2v) is 12.2. The molecule has 0 aliphatic heterocycles. The third-order valence-corrected chi connectivity index (χ3v) is 7.61. The van der Waals surface area contributed by atoms with Gasteiger partial charge in [0.1, 0.15) is 11.7 Å². The van der Waals surface area contributed by atoms with Gasteiger partial charge in [0, 0.05) is 55.2 Å². The van der Waals surface area contributed by atoms with Crippen LogP contribution in [0.4, 0.5) is 10.2 Å². The monoisotopic (exact) mass is 547 g/mol. The molecule has 2 rings (SSSR count). The van der Waals surface area contributed by atoms with Gasteiger partial charge in [0.05, 0.1) is 22.9 Å². The van der Waals surface area contributed by atoms with E-state index in [2.05, 4.69) is 15.3 Å². The van der Waals surface area contributed by atoms with Crippen LogP contribution < -0.4 is 10.9 Å². The summed E-state index contributed by atoms with van der Waals surface area (Å²) in [5.41, 5.74) is 1.24. The van der Waals surface area contributed by atoms with E-state index >= 15 is 0 Å². The molecule has 0 amide bonds. The average molecular weight is 548 g/mol. The number of methoxy groups -OCH3 is 1. The van der Waals surface area contributed by atoms with Crippen LogP contribution in [0, 0.1) is 5.95 Å². The van der Waals surface area contributed by atoms with Crippen molar-refractivity contribution in [1.82, 2.24) is 14.9 Å². The molecule has 210 valence electrons. The molecule has 38 heavy (non-hydrogen) atoms. The highest BCUT2D eigenvalue weighted by molar-refractivity contribution is 7.89. The summed E-state index contributed by atoms with van der Waals surface area (Å²) in [5.74, 6) is 0.575. The predicted molar refractivity (Wildman–Crippen MR) is 154 cm³/mol. The Bertz CT molecular complexity index is 1180. The van der Waals surface area contributed by atoms with Gasteiger partial charge in [-0.3, -0.25) is 14.0 Å². The van der Waals surface area contributed by atoms with Crippen molar-refractivity contribution >= 4 is 22.5 Å². The third kappa shape index (κ3) is 10.1. The number of H-pyrrole nitrogens is 1. The number of pyridine rings is 2. The lowest BCUT2D eigenvalue weighted by Crippen LogP contribution is -2.30. The number of aliphatic imine (C=N–C) groups is 1. The normalized spacial score (nSPS) is 14.9. The van der Waals surface area contributed by atoms with Crippen LogP contribution in [0.15, 0.2) is 51.9 Å². The smallest absolute Gasteiger partial charge is 0.248 e. The molecule has 0 saturated carbocycles. The van der Waals surface area contributed by atoms with E-state index in [1.807, 2.05) is 52.6 Å². The van der Waals surface area contributed by atoms with Gasteiger partial charge in [0.2, 0.25) is 11.5 Å². The van der Waals surface area contributed by atoms with Crippen molar-refractivity contribution in [3.63, 3.8) is 0 Å². The Morgan fingerprint density at radius 3 is 2.68 bits per heavy atom. The minimum Gasteiger partial charge on any atom is -0.382 e. The first-order valence-electron chi connectivity index (χ1n) is 13.0. The van der Waals surface area contributed by atoms with Crippen molar-refractivity contribution in [1.29, 1.82) is 0 Å². The first-order valence-corrected chi connectivity index (χ1v) is 14.2. The zero-order valence-electron chi connectivity index (χ0n) is 23.6. The number of rotatable bonds is 13. The fourth-order valence-corrected chi connectivity index (χ4v) is 4.35. The van der Waals surface area contributed by atoms with Gasteiger partial charge < -0.3 is 19.9 Å². The van der Waals surface area contributed by atoms with Crippen molar-refractivity contribution < 1.29 is 13.3 Å².